The summed E-state index contributed by atoms with van der Waals surface area (Å²) in [6, 6.07) is 7.68. The number of aliphatic hydroxyl groups is 1. The molecule has 1 unspecified atom stereocenters. The van der Waals surface area contributed by atoms with E-state index in [0.29, 0.717) is 0 Å². The fourth-order valence-electron chi connectivity index (χ4n) is 1.42. The topological polar surface area (TPSA) is 60.8 Å². The molecule has 0 saturated carbocycles. The first-order chi connectivity index (χ1) is 7.33. The van der Waals surface area contributed by atoms with Gasteiger partial charge in [0.15, 0.2) is 5.60 Å². The Morgan fingerprint density at radius 2 is 1.88 bits per heavy atom. The minimum atomic E-state index is -1.74. The third-order valence-electron chi connectivity index (χ3n) is 2.48. The molecule has 0 amide bonds. The van der Waals surface area contributed by atoms with Gasteiger partial charge in [0, 0.05) is 12.7 Å². The Labute approximate surface area is 95.1 Å². The minimum Gasteiger partial charge on any atom is -0.479 e. The van der Waals surface area contributed by atoms with E-state index in [9.17, 15) is 9.90 Å². The lowest BCUT2D eigenvalue weighted by Gasteiger charge is -2.27. The van der Waals surface area contributed by atoms with Crippen molar-refractivity contribution < 1.29 is 15.0 Å². The number of hydrogen-bond donors (Lipinski definition) is 2. The number of carboxylic acid groups (broad SMARTS) is 1. The van der Waals surface area contributed by atoms with Crippen LogP contribution >= 0.6 is 0 Å². The van der Waals surface area contributed by atoms with Crippen LogP contribution in [0.3, 0.4) is 0 Å². The Morgan fingerprint density at radius 1 is 1.38 bits per heavy atom. The van der Waals surface area contributed by atoms with Crippen LogP contribution in [0.1, 0.15) is 12.5 Å². The number of anilines is 1. The molecule has 0 saturated heterocycles. The highest BCUT2D eigenvalue weighted by molar-refractivity contribution is 5.77. The van der Waals surface area contributed by atoms with Gasteiger partial charge in [0.25, 0.3) is 0 Å². The predicted octanol–water partition coefficient (Wildman–Crippen LogP) is 1.27. The molecule has 0 spiro atoms. The molecular weight excluding hydrogens is 206 g/mol. The summed E-state index contributed by atoms with van der Waals surface area (Å²) in [7, 11) is 1.75. The van der Waals surface area contributed by atoms with Gasteiger partial charge in [0.1, 0.15) is 0 Å². The monoisotopic (exact) mass is 223 g/mol. The quantitative estimate of drug-likeness (QED) is 0.807. The van der Waals surface area contributed by atoms with E-state index in [2.05, 4.69) is 0 Å². The van der Waals surface area contributed by atoms with Crippen molar-refractivity contribution in [1.29, 1.82) is 0 Å². The van der Waals surface area contributed by atoms with E-state index in [-0.39, 0.29) is 6.54 Å². The van der Waals surface area contributed by atoms with Crippen LogP contribution in [0.15, 0.2) is 24.3 Å². The van der Waals surface area contributed by atoms with Gasteiger partial charge in [0.2, 0.25) is 0 Å². The first-order valence-corrected chi connectivity index (χ1v) is 5.06. The van der Waals surface area contributed by atoms with Gasteiger partial charge in [-0.05, 0) is 26.0 Å². The van der Waals surface area contributed by atoms with Crippen molar-refractivity contribution in [3.05, 3.63) is 29.8 Å². The average molecular weight is 223 g/mol. The van der Waals surface area contributed by atoms with Gasteiger partial charge >= 0.3 is 5.97 Å². The minimum absolute atomic E-state index is 0.0470. The molecule has 1 aromatic rings. The van der Waals surface area contributed by atoms with Crippen molar-refractivity contribution in [3.63, 3.8) is 0 Å². The van der Waals surface area contributed by atoms with Gasteiger partial charge in [0.05, 0.1) is 6.54 Å². The Morgan fingerprint density at radius 3 is 2.31 bits per heavy atom. The highest BCUT2D eigenvalue weighted by atomic mass is 16.4. The zero-order chi connectivity index (χ0) is 12.3. The molecule has 1 rings (SSSR count). The first-order valence-electron chi connectivity index (χ1n) is 5.06. The lowest BCUT2D eigenvalue weighted by Crippen LogP contribution is -2.45. The van der Waals surface area contributed by atoms with E-state index in [1.807, 2.05) is 31.2 Å². The maximum absolute atomic E-state index is 10.8. The van der Waals surface area contributed by atoms with Crippen molar-refractivity contribution in [2.45, 2.75) is 19.4 Å². The number of likely N-dealkylation sites (N-methyl/N-ethyl adjacent to an activating group) is 1. The molecule has 0 heterocycles. The summed E-state index contributed by atoms with van der Waals surface area (Å²) >= 11 is 0. The highest BCUT2D eigenvalue weighted by Gasteiger charge is 2.31. The third kappa shape index (κ3) is 2.97. The molecule has 2 N–H and O–H groups in total. The van der Waals surface area contributed by atoms with Gasteiger partial charge < -0.3 is 15.1 Å². The molecule has 0 aliphatic rings. The molecule has 0 fully saturated rings. The van der Waals surface area contributed by atoms with E-state index in [0.717, 1.165) is 11.3 Å². The average Bonchev–Trinajstić information content (AvgIpc) is 2.17. The summed E-state index contributed by atoms with van der Waals surface area (Å²) in [6.07, 6.45) is 0. The number of carbonyl (C=O) groups is 1. The molecule has 88 valence electrons. The standard InChI is InChI=1S/C12H17NO3/c1-9-4-6-10(7-5-9)13(3)8-12(2,16)11(14)15/h4-7,16H,8H2,1-3H3,(H,14,15). The van der Waals surface area contributed by atoms with Gasteiger partial charge in [-0.15, -0.1) is 0 Å². The van der Waals surface area contributed by atoms with Crippen LogP contribution in [-0.2, 0) is 4.79 Å². The van der Waals surface area contributed by atoms with Crippen molar-refractivity contribution >= 4 is 11.7 Å². The molecule has 1 aromatic carbocycles. The summed E-state index contributed by atoms with van der Waals surface area (Å²) in [4.78, 5) is 12.5. The van der Waals surface area contributed by atoms with Crippen molar-refractivity contribution in [2.75, 3.05) is 18.5 Å². The van der Waals surface area contributed by atoms with E-state index in [1.165, 1.54) is 6.92 Å². The van der Waals surface area contributed by atoms with E-state index in [4.69, 9.17) is 5.11 Å². The maximum atomic E-state index is 10.8. The number of nitrogens with zero attached hydrogens (tertiary/aromatic N) is 1. The third-order valence-corrected chi connectivity index (χ3v) is 2.48. The molecule has 0 aromatic heterocycles. The second-order valence-electron chi connectivity index (χ2n) is 4.27. The van der Waals surface area contributed by atoms with Crippen LogP contribution in [0.4, 0.5) is 5.69 Å². The van der Waals surface area contributed by atoms with E-state index in [1.54, 1.807) is 11.9 Å². The van der Waals surface area contributed by atoms with Crippen LogP contribution in [0.25, 0.3) is 0 Å². The van der Waals surface area contributed by atoms with E-state index < -0.39 is 11.6 Å². The zero-order valence-electron chi connectivity index (χ0n) is 9.77. The molecule has 4 heteroatoms. The maximum Gasteiger partial charge on any atom is 0.337 e. The number of aryl methyl sites for hydroxylation is 1. The normalized spacial score (nSPS) is 14.2. The van der Waals surface area contributed by atoms with Gasteiger partial charge in [-0.25, -0.2) is 4.79 Å². The predicted molar refractivity (Wildman–Crippen MR) is 62.7 cm³/mol. The Kier molecular flexibility index (Phi) is 3.55. The molecule has 0 aliphatic carbocycles. The van der Waals surface area contributed by atoms with Crippen molar-refractivity contribution in [3.8, 4) is 0 Å². The molecule has 0 aliphatic heterocycles. The van der Waals surface area contributed by atoms with Crippen LogP contribution < -0.4 is 4.90 Å². The van der Waals surface area contributed by atoms with Crippen LogP contribution in [0.2, 0.25) is 0 Å². The van der Waals surface area contributed by atoms with Crippen LogP contribution in [0.5, 0.6) is 0 Å². The Hall–Kier alpha value is -1.55. The summed E-state index contributed by atoms with van der Waals surface area (Å²) in [5, 5.41) is 18.4. The lowest BCUT2D eigenvalue weighted by molar-refractivity contribution is -0.155. The molecular formula is C12H17NO3. The fourth-order valence-corrected chi connectivity index (χ4v) is 1.42. The van der Waals surface area contributed by atoms with Crippen LogP contribution in [-0.4, -0.2) is 35.4 Å². The number of aliphatic carboxylic acids is 1. The Bertz CT molecular complexity index is 370. The van der Waals surface area contributed by atoms with E-state index >= 15 is 0 Å². The number of rotatable bonds is 4. The second-order valence-corrected chi connectivity index (χ2v) is 4.27. The molecule has 4 nitrogen and oxygen atoms in total. The summed E-state index contributed by atoms with van der Waals surface area (Å²) in [5.41, 5.74) is 0.286. The molecule has 16 heavy (non-hydrogen) atoms. The zero-order valence-corrected chi connectivity index (χ0v) is 9.77. The number of hydrogen-bond acceptors (Lipinski definition) is 3. The molecule has 0 bridgehead atoms. The highest BCUT2D eigenvalue weighted by Crippen LogP contribution is 2.16. The Balaban J connectivity index is 2.76. The SMILES string of the molecule is Cc1ccc(N(C)CC(C)(O)C(=O)O)cc1. The lowest BCUT2D eigenvalue weighted by atomic mass is 10.1. The van der Waals surface area contributed by atoms with Crippen molar-refractivity contribution in [1.82, 2.24) is 0 Å². The first kappa shape index (κ1) is 12.5. The van der Waals surface area contributed by atoms with Gasteiger partial charge in [-0.2, -0.15) is 0 Å². The van der Waals surface area contributed by atoms with Crippen molar-refractivity contribution in [2.24, 2.45) is 0 Å². The molecule has 1 atom stereocenters. The summed E-state index contributed by atoms with van der Waals surface area (Å²) in [5.74, 6) is -1.22. The largest absolute Gasteiger partial charge is 0.479 e. The fraction of sp³-hybridized carbons (Fsp3) is 0.417. The van der Waals surface area contributed by atoms with Gasteiger partial charge in [-0.3, -0.25) is 0 Å². The number of carboxylic acids is 1. The number of benzene rings is 1. The molecule has 0 radical (unpaired) electrons. The second kappa shape index (κ2) is 4.53. The van der Waals surface area contributed by atoms with Gasteiger partial charge in [-0.1, -0.05) is 17.7 Å². The van der Waals surface area contributed by atoms with Crippen LogP contribution in [0, 0.1) is 6.92 Å². The summed E-state index contributed by atoms with van der Waals surface area (Å²) in [6.45, 7) is 3.32. The summed E-state index contributed by atoms with van der Waals surface area (Å²) < 4.78 is 0. The smallest absolute Gasteiger partial charge is 0.337 e.